The van der Waals surface area contributed by atoms with Gasteiger partial charge in [-0.05, 0) is 6.07 Å². The molecule has 11 heteroatoms. The zero-order chi connectivity index (χ0) is 22.1. The Kier molecular flexibility index (Phi) is 5.66. The van der Waals surface area contributed by atoms with Gasteiger partial charge in [0.25, 0.3) is 0 Å². The van der Waals surface area contributed by atoms with E-state index in [0.717, 1.165) is 12.1 Å². The molecule has 160 valence electrons. The zero-order valence-electron chi connectivity index (χ0n) is 15.0. The van der Waals surface area contributed by atoms with Gasteiger partial charge in [0.2, 0.25) is 5.72 Å². The van der Waals surface area contributed by atoms with Gasteiger partial charge in [-0.15, -0.1) is 0 Å². The zero-order valence-corrected chi connectivity index (χ0v) is 15.0. The first-order valence-corrected chi connectivity index (χ1v) is 8.55. The molecule has 0 aromatic heterocycles. The number of carbonyl (C=O) groups is 2. The third-order valence-corrected chi connectivity index (χ3v) is 4.62. The van der Waals surface area contributed by atoms with Gasteiger partial charge in [-0.1, -0.05) is 48.5 Å². The molecule has 0 saturated carbocycles. The lowest BCUT2D eigenvalue weighted by atomic mass is 9.77. The van der Waals surface area contributed by atoms with Crippen molar-refractivity contribution < 1.29 is 41.4 Å². The van der Waals surface area contributed by atoms with Crippen LogP contribution in [0.5, 0.6) is 5.75 Å². The molecule has 1 saturated heterocycles. The van der Waals surface area contributed by atoms with Gasteiger partial charge >= 0.3 is 18.8 Å². The van der Waals surface area contributed by atoms with Crippen LogP contribution >= 0.6 is 0 Å². The number of urea groups is 1. The summed E-state index contributed by atoms with van der Waals surface area (Å²) in [4.78, 5) is 25.0. The molecule has 1 heterocycles. The molecule has 0 radical (unpaired) electrons. The maximum atomic E-state index is 13.8. The summed E-state index contributed by atoms with van der Waals surface area (Å²) in [5, 5.41) is 14.0. The van der Waals surface area contributed by atoms with Gasteiger partial charge in [-0.2, -0.15) is 22.0 Å². The lowest BCUT2D eigenvalue weighted by Gasteiger charge is -2.45. The summed E-state index contributed by atoms with van der Waals surface area (Å²) in [7, 11) is 0. The number of para-hydroxylation sites is 1. The second-order valence-corrected chi connectivity index (χ2v) is 6.46. The predicted octanol–water partition coefficient (Wildman–Crippen LogP) is 3.39. The number of alkyl halides is 5. The summed E-state index contributed by atoms with van der Waals surface area (Å²) in [5.74, 6) is -4.06. The molecule has 2 aromatic carbocycles. The number of ketones is 1. The average molecular weight is 430 g/mol. The van der Waals surface area contributed by atoms with Crippen molar-refractivity contribution in [3.05, 3.63) is 65.7 Å². The molecule has 3 atom stereocenters. The SMILES string of the molecule is O=C1N[C@H](c2ccccc2OC(F)F)[C@H](C(=O)c2ccccc2)[C@@](O)(C(F)(F)F)N1. The van der Waals surface area contributed by atoms with Crippen molar-refractivity contribution in [3.63, 3.8) is 0 Å². The topological polar surface area (TPSA) is 87.7 Å². The number of halogens is 5. The van der Waals surface area contributed by atoms with Crippen LogP contribution in [0.15, 0.2) is 54.6 Å². The highest BCUT2D eigenvalue weighted by Crippen LogP contribution is 2.45. The standard InChI is InChI=1S/C19H15F5N2O4/c20-16(21)30-12-9-5-4-8-11(12)14-13(15(27)10-6-2-1-3-7-10)18(29,19(22,23)24)26-17(28)25-14/h1-9,13-14,16,29H,(H2,25,26,28)/t13-,14-,18-/m1/s1. The van der Waals surface area contributed by atoms with Crippen LogP contribution in [0.4, 0.5) is 26.7 Å². The molecule has 0 aliphatic carbocycles. The second kappa shape index (κ2) is 7.90. The number of Topliss-reactive ketones (excluding diaryl/α,β-unsaturated/α-hetero) is 1. The van der Waals surface area contributed by atoms with E-state index >= 15 is 0 Å². The quantitative estimate of drug-likeness (QED) is 0.501. The van der Waals surface area contributed by atoms with Crippen molar-refractivity contribution in [1.82, 2.24) is 10.6 Å². The summed E-state index contributed by atoms with van der Waals surface area (Å²) in [6.07, 6.45) is -5.46. The van der Waals surface area contributed by atoms with Gasteiger partial charge in [0, 0.05) is 11.1 Å². The van der Waals surface area contributed by atoms with E-state index in [-0.39, 0.29) is 11.1 Å². The Morgan fingerprint density at radius 1 is 1.07 bits per heavy atom. The van der Waals surface area contributed by atoms with Crippen LogP contribution in [0.25, 0.3) is 0 Å². The number of benzene rings is 2. The van der Waals surface area contributed by atoms with E-state index in [2.05, 4.69) is 10.1 Å². The molecule has 6 nitrogen and oxygen atoms in total. The maximum absolute atomic E-state index is 13.8. The molecular formula is C19H15F5N2O4. The number of aliphatic hydroxyl groups is 1. The molecule has 0 unspecified atom stereocenters. The highest BCUT2D eigenvalue weighted by Gasteiger charge is 2.66. The van der Waals surface area contributed by atoms with Crippen LogP contribution < -0.4 is 15.4 Å². The molecule has 3 rings (SSSR count). The highest BCUT2D eigenvalue weighted by atomic mass is 19.4. The number of carbonyl (C=O) groups excluding carboxylic acids is 2. The largest absolute Gasteiger partial charge is 0.437 e. The molecule has 2 aromatic rings. The van der Waals surface area contributed by atoms with Crippen LogP contribution in [-0.2, 0) is 0 Å². The van der Waals surface area contributed by atoms with Crippen LogP contribution in [0.3, 0.4) is 0 Å². The Morgan fingerprint density at radius 2 is 1.67 bits per heavy atom. The fraction of sp³-hybridized carbons (Fsp3) is 0.263. The van der Waals surface area contributed by atoms with Gasteiger partial charge in [-0.3, -0.25) is 4.79 Å². The van der Waals surface area contributed by atoms with Crippen molar-refractivity contribution in [3.8, 4) is 5.75 Å². The van der Waals surface area contributed by atoms with Crippen molar-refractivity contribution in [2.24, 2.45) is 5.92 Å². The van der Waals surface area contributed by atoms with E-state index in [0.29, 0.717) is 0 Å². The smallest absolute Gasteiger partial charge is 0.434 e. The minimum Gasteiger partial charge on any atom is -0.434 e. The highest BCUT2D eigenvalue weighted by molar-refractivity contribution is 6.00. The van der Waals surface area contributed by atoms with E-state index in [1.165, 1.54) is 47.8 Å². The van der Waals surface area contributed by atoms with Crippen molar-refractivity contribution in [1.29, 1.82) is 0 Å². The number of ether oxygens (including phenoxy) is 1. The van der Waals surface area contributed by atoms with Crippen LogP contribution in [0, 0.1) is 5.92 Å². The van der Waals surface area contributed by atoms with Crippen molar-refractivity contribution in [2.75, 3.05) is 0 Å². The summed E-state index contributed by atoms with van der Waals surface area (Å²) < 4.78 is 71.4. The molecule has 2 amide bonds. The average Bonchev–Trinajstić information content (AvgIpc) is 2.67. The fourth-order valence-electron chi connectivity index (χ4n) is 3.32. The van der Waals surface area contributed by atoms with Gasteiger partial charge in [0.15, 0.2) is 5.78 Å². The molecule has 1 aliphatic heterocycles. The Hall–Kier alpha value is -3.21. The van der Waals surface area contributed by atoms with Gasteiger partial charge in [0.1, 0.15) is 11.7 Å². The summed E-state index contributed by atoms with van der Waals surface area (Å²) >= 11 is 0. The Morgan fingerprint density at radius 3 is 2.27 bits per heavy atom. The minimum absolute atomic E-state index is 0.180. The maximum Gasteiger partial charge on any atom is 0.437 e. The Bertz CT molecular complexity index is 938. The molecule has 0 spiro atoms. The first kappa shape index (κ1) is 21.5. The molecule has 1 aliphatic rings. The van der Waals surface area contributed by atoms with E-state index in [9.17, 15) is 36.6 Å². The van der Waals surface area contributed by atoms with Crippen LogP contribution in [-0.4, -0.2) is 35.4 Å². The van der Waals surface area contributed by atoms with Gasteiger partial charge in [-0.25, -0.2) is 4.79 Å². The minimum atomic E-state index is -5.46. The fourth-order valence-corrected chi connectivity index (χ4v) is 3.32. The third kappa shape index (κ3) is 3.92. The summed E-state index contributed by atoms with van der Waals surface area (Å²) in [6.45, 7) is -3.31. The first-order chi connectivity index (χ1) is 14.0. The molecule has 30 heavy (non-hydrogen) atoms. The number of rotatable bonds is 5. The van der Waals surface area contributed by atoms with Gasteiger partial charge in [0.05, 0.1) is 6.04 Å². The monoisotopic (exact) mass is 430 g/mol. The van der Waals surface area contributed by atoms with Crippen molar-refractivity contribution in [2.45, 2.75) is 24.6 Å². The van der Waals surface area contributed by atoms with Gasteiger partial charge < -0.3 is 20.5 Å². The Labute approximate surface area is 166 Å². The number of hydrogen-bond acceptors (Lipinski definition) is 4. The van der Waals surface area contributed by atoms with E-state index < -0.39 is 48.0 Å². The predicted molar refractivity (Wildman–Crippen MR) is 92.7 cm³/mol. The van der Waals surface area contributed by atoms with E-state index in [1.807, 2.05) is 0 Å². The second-order valence-electron chi connectivity index (χ2n) is 6.46. The van der Waals surface area contributed by atoms with Crippen LogP contribution in [0.1, 0.15) is 22.0 Å². The molecule has 3 N–H and O–H groups in total. The van der Waals surface area contributed by atoms with E-state index in [1.54, 1.807) is 0 Å². The summed E-state index contributed by atoms with van der Waals surface area (Å²) in [5.41, 5.74) is -4.48. The van der Waals surface area contributed by atoms with Crippen molar-refractivity contribution >= 4 is 11.8 Å². The normalized spacial score (nSPS) is 24.2. The molecular weight excluding hydrogens is 415 g/mol. The third-order valence-electron chi connectivity index (χ3n) is 4.62. The number of nitrogens with one attached hydrogen (secondary N) is 2. The molecule has 1 fully saturated rings. The Balaban J connectivity index is 2.19. The van der Waals surface area contributed by atoms with E-state index in [4.69, 9.17) is 0 Å². The van der Waals surface area contributed by atoms with Crippen LogP contribution in [0.2, 0.25) is 0 Å². The number of amides is 2. The number of hydrogen-bond donors (Lipinski definition) is 3. The first-order valence-electron chi connectivity index (χ1n) is 8.55. The lowest BCUT2D eigenvalue weighted by Crippen LogP contribution is -2.72. The summed E-state index contributed by atoms with van der Waals surface area (Å²) in [6, 6.07) is 8.28. The lowest BCUT2D eigenvalue weighted by molar-refractivity contribution is -0.287. The molecule has 0 bridgehead atoms.